The van der Waals surface area contributed by atoms with Crippen LogP contribution in [0.25, 0.3) is 10.7 Å². The molecule has 4 heteroatoms. The standard InChI is InChI=1S/C8H8N2S2/c1-5-3-12-8(9-5)7-4-11-6(2)10-7/h3-4H,1-2H3. The summed E-state index contributed by atoms with van der Waals surface area (Å²) in [6, 6.07) is 0. The van der Waals surface area contributed by atoms with Crippen molar-refractivity contribution in [2.45, 2.75) is 13.8 Å². The lowest BCUT2D eigenvalue weighted by molar-refractivity contribution is 1.23. The lowest BCUT2D eigenvalue weighted by atomic mass is 10.5. The third kappa shape index (κ3) is 1.40. The highest BCUT2D eigenvalue weighted by Crippen LogP contribution is 2.24. The first-order valence-electron chi connectivity index (χ1n) is 3.60. The zero-order valence-corrected chi connectivity index (χ0v) is 8.50. The molecule has 2 aromatic rings. The zero-order chi connectivity index (χ0) is 8.55. The van der Waals surface area contributed by atoms with Gasteiger partial charge in [-0.25, -0.2) is 9.97 Å². The van der Waals surface area contributed by atoms with Crippen LogP contribution in [0.5, 0.6) is 0 Å². The third-order valence-electron chi connectivity index (χ3n) is 1.46. The molecule has 0 aromatic carbocycles. The minimum Gasteiger partial charge on any atom is -0.240 e. The van der Waals surface area contributed by atoms with Crippen LogP contribution in [0.3, 0.4) is 0 Å². The Kier molecular flexibility index (Phi) is 1.94. The fourth-order valence-electron chi connectivity index (χ4n) is 0.933. The summed E-state index contributed by atoms with van der Waals surface area (Å²) in [6.45, 7) is 4.01. The molecule has 0 radical (unpaired) electrons. The summed E-state index contributed by atoms with van der Waals surface area (Å²) in [5.41, 5.74) is 2.08. The van der Waals surface area contributed by atoms with Gasteiger partial charge in [0.15, 0.2) is 0 Å². The zero-order valence-electron chi connectivity index (χ0n) is 6.87. The van der Waals surface area contributed by atoms with E-state index in [1.807, 2.05) is 24.6 Å². The van der Waals surface area contributed by atoms with Gasteiger partial charge in [0.25, 0.3) is 0 Å². The van der Waals surface area contributed by atoms with Gasteiger partial charge in [-0.15, -0.1) is 22.7 Å². The Labute approximate surface area is 78.9 Å². The normalized spacial score (nSPS) is 10.5. The molecule has 0 aliphatic rings. The van der Waals surface area contributed by atoms with Gasteiger partial charge in [-0.1, -0.05) is 0 Å². The first kappa shape index (κ1) is 7.89. The van der Waals surface area contributed by atoms with Crippen LogP contribution in [-0.2, 0) is 0 Å². The summed E-state index contributed by atoms with van der Waals surface area (Å²) in [4.78, 5) is 8.72. The fourth-order valence-corrected chi connectivity index (χ4v) is 2.36. The van der Waals surface area contributed by atoms with Gasteiger partial charge >= 0.3 is 0 Å². The van der Waals surface area contributed by atoms with Crippen molar-refractivity contribution in [3.8, 4) is 10.7 Å². The topological polar surface area (TPSA) is 25.8 Å². The Morgan fingerprint density at radius 1 is 1.08 bits per heavy atom. The predicted molar refractivity (Wildman–Crippen MR) is 52.7 cm³/mol. The van der Waals surface area contributed by atoms with E-state index >= 15 is 0 Å². The molecular formula is C8H8N2S2. The molecule has 0 amide bonds. The lowest BCUT2D eigenvalue weighted by Gasteiger charge is -1.84. The van der Waals surface area contributed by atoms with E-state index in [1.54, 1.807) is 22.7 Å². The number of rotatable bonds is 1. The Balaban J connectivity index is 2.43. The summed E-state index contributed by atoms with van der Waals surface area (Å²) >= 11 is 3.31. The highest BCUT2D eigenvalue weighted by atomic mass is 32.1. The number of aryl methyl sites for hydroxylation is 2. The monoisotopic (exact) mass is 196 g/mol. The predicted octanol–water partition coefficient (Wildman–Crippen LogP) is 2.88. The molecular weight excluding hydrogens is 188 g/mol. The SMILES string of the molecule is Cc1csc(-c2csc(C)n2)n1. The minimum atomic E-state index is 1.01. The van der Waals surface area contributed by atoms with Crippen molar-refractivity contribution in [1.82, 2.24) is 9.97 Å². The molecule has 12 heavy (non-hydrogen) atoms. The van der Waals surface area contributed by atoms with Crippen molar-refractivity contribution in [2.75, 3.05) is 0 Å². The van der Waals surface area contributed by atoms with Gasteiger partial charge in [0, 0.05) is 16.5 Å². The minimum absolute atomic E-state index is 1.01. The summed E-state index contributed by atoms with van der Waals surface area (Å²) < 4.78 is 0. The number of aromatic nitrogens is 2. The second-order valence-electron chi connectivity index (χ2n) is 2.55. The molecule has 0 aliphatic heterocycles. The molecule has 0 N–H and O–H groups in total. The van der Waals surface area contributed by atoms with Crippen LogP contribution in [0, 0.1) is 13.8 Å². The second kappa shape index (κ2) is 2.95. The van der Waals surface area contributed by atoms with E-state index in [0.29, 0.717) is 0 Å². The first-order chi connectivity index (χ1) is 5.75. The molecule has 2 nitrogen and oxygen atoms in total. The summed E-state index contributed by atoms with van der Waals surface area (Å²) in [5.74, 6) is 0. The molecule has 0 bridgehead atoms. The fraction of sp³-hybridized carbons (Fsp3) is 0.250. The van der Waals surface area contributed by atoms with Crippen LogP contribution in [0.15, 0.2) is 10.8 Å². The van der Waals surface area contributed by atoms with Crippen molar-refractivity contribution >= 4 is 22.7 Å². The number of hydrogen-bond donors (Lipinski definition) is 0. The molecule has 0 saturated heterocycles. The Morgan fingerprint density at radius 2 is 1.92 bits per heavy atom. The van der Waals surface area contributed by atoms with Gasteiger partial charge in [-0.05, 0) is 13.8 Å². The van der Waals surface area contributed by atoms with Crippen molar-refractivity contribution in [3.05, 3.63) is 21.5 Å². The molecule has 0 unspecified atom stereocenters. The average Bonchev–Trinajstić information content (AvgIpc) is 2.58. The van der Waals surface area contributed by atoms with Gasteiger partial charge in [0.1, 0.15) is 10.7 Å². The summed E-state index contributed by atoms with van der Waals surface area (Å²) in [6.07, 6.45) is 0. The van der Waals surface area contributed by atoms with E-state index in [9.17, 15) is 0 Å². The average molecular weight is 196 g/mol. The van der Waals surface area contributed by atoms with E-state index in [-0.39, 0.29) is 0 Å². The van der Waals surface area contributed by atoms with Crippen molar-refractivity contribution in [3.63, 3.8) is 0 Å². The number of hydrogen-bond acceptors (Lipinski definition) is 4. The van der Waals surface area contributed by atoms with E-state index in [2.05, 4.69) is 9.97 Å². The summed E-state index contributed by atoms with van der Waals surface area (Å²) in [7, 11) is 0. The van der Waals surface area contributed by atoms with Crippen molar-refractivity contribution in [2.24, 2.45) is 0 Å². The number of nitrogens with zero attached hydrogens (tertiary/aromatic N) is 2. The Hall–Kier alpha value is -0.740. The van der Waals surface area contributed by atoms with Crippen LogP contribution >= 0.6 is 22.7 Å². The maximum atomic E-state index is 4.36. The third-order valence-corrected chi connectivity index (χ3v) is 3.21. The summed E-state index contributed by atoms with van der Waals surface area (Å²) in [5, 5.41) is 6.21. The largest absolute Gasteiger partial charge is 0.240 e. The van der Waals surface area contributed by atoms with Gasteiger partial charge in [0.05, 0.1) is 5.01 Å². The Morgan fingerprint density at radius 3 is 2.42 bits per heavy atom. The maximum Gasteiger partial charge on any atom is 0.142 e. The maximum absolute atomic E-state index is 4.36. The molecule has 0 spiro atoms. The van der Waals surface area contributed by atoms with E-state index in [0.717, 1.165) is 21.4 Å². The van der Waals surface area contributed by atoms with Crippen LogP contribution in [0.2, 0.25) is 0 Å². The van der Waals surface area contributed by atoms with Crippen LogP contribution in [0.4, 0.5) is 0 Å². The van der Waals surface area contributed by atoms with Crippen LogP contribution in [-0.4, -0.2) is 9.97 Å². The van der Waals surface area contributed by atoms with Gasteiger partial charge in [0.2, 0.25) is 0 Å². The lowest BCUT2D eigenvalue weighted by Crippen LogP contribution is -1.76. The second-order valence-corrected chi connectivity index (χ2v) is 4.47. The van der Waals surface area contributed by atoms with Gasteiger partial charge < -0.3 is 0 Å². The highest BCUT2D eigenvalue weighted by Gasteiger charge is 2.04. The molecule has 0 aliphatic carbocycles. The molecule has 2 rings (SSSR count). The van der Waals surface area contributed by atoms with Crippen molar-refractivity contribution in [1.29, 1.82) is 0 Å². The number of thiazole rings is 2. The Bertz CT molecular complexity index is 351. The van der Waals surface area contributed by atoms with Crippen molar-refractivity contribution < 1.29 is 0 Å². The first-order valence-corrected chi connectivity index (χ1v) is 5.36. The molecule has 62 valence electrons. The molecule has 2 heterocycles. The van der Waals surface area contributed by atoms with E-state index in [4.69, 9.17) is 0 Å². The molecule has 0 fully saturated rings. The van der Waals surface area contributed by atoms with Crippen LogP contribution < -0.4 is 0 Å². The van der Waals surface area contributed by atoms with E-state index in [1.165, 1.54) is 0 Å². The quantitative estimate of drug-likeness (QED) is 0.701. The van der Waals surface area contributed by atoms with Gasteiger partial charge in [-0.2, -0.15) is 0 Å². The molecule has 0 saturated carbocycles. The smallest absolute Gasteiger partial charge is 0.142 e. The highest BCUT2D eigenvalue weighted by molar-refractivity contribution is 7.14. The molecule has 0 atom stereocenters. The molecule has 2 aromatic heterocycles. The van der Waals surface area contributed by atoms with Gasteiger partial charge in [-0.3, -0.25) is 0 Å². The van der Waals surface area contributed by atoms with E-state index < -0.39 is 0 Å². The van der Waals surface area contributed by atoms with Crippen LogP contribution in [0.1, 0.15) is 10.7 Å².